The second kappa shape index (κ2) is 8.97. The molecule has 0 unspecified atom stereocenters. The van der Waals surface area contributed by atoms with Crippen molar-refractivity contribution in [1.82, 2.24) is 4.90 Å². The Morgan fingerprint density at radius 1 is 1.20 bits per heavy atom. The smallest absolute Gasteiger partial charge is 0.251 e. The van der Waals surface area contributed by atoms with Gasteiger partial charge in [0.1, 0.15) is 5.00 Å². The number of anilines is 1. The molecule has 2 heterocycles. The third-order valence-electron chi connectivity index (χ3n) is 4.92. The first-order valence-corrected chi connectivity index (χ1v) is 11.9. The zero-order valence-corrected chi connectivity index (χ0v) is 18.1. The normalized spacial score (nSPS) is 13.6. The van der Waals surface area contributed by atoms with E-state index < -0.39 is 15.7 Å². The molecule has 0 aliphatic carbocycles. The van der Waals surface area contributed by atoms with Gasteiger partial charge in [0.15, 0.2) is 9.84 Å². The highest BCUT2D eigenvalue weighted by molar-refractivity contribution is 7.91. The van der Waals surface area contributed by atoms with Crippen LogP contribution in [-0.4, -0.2) is 43.3 Å². The molecule has 30 heavy (non-hydrogen) atoms. The predicted molar refractivity (Wildman–Crippen MR) is 114 cm³/mol. The average Bonchev–Trinajstić information content (AvgIpc) is 3.05. The topological polar surface area (TPSA) is 127 Å². The van der Waals surface area contributed by atoms with Crippen LogP contribution in [-0.2, 0) is 32.4 Å². The molecule has 1 aromatic carbocycles. The molecule has 0 radical (unpaired) electrons. The molecule has 0 atom stereocenters. The SMILES string of the molecule is CC(=O)N1CCc2c(sc(NC(=O)CCCS(=O)(=O)c3ccccc3)c2C(N)=O)C1. The van der Waals surface area contributed by atoms with E-state index in [1.54, 1.807) is 23.1 Å². The third-order valence-corrected chi connectivity index (χ3v) is 7.87. The highest BCUT2D eigenvalue weighted by atomic mass is 32.2. The number of benzene rings is 1. The average molecular weight is 450 g/mol. The van der Waals surface area contributed by atoms with Crippen LogP contribution in [0.4, 0.5) is 5.00 Å². The maximum atomic E-state index is 12.4. The van der Waals surface area contributed by atoms with Crippen molar-refractivity contribution in [1.29, 1.82) is 0 Å². The fraction of sp³-hybridized carbons (Fsp3) is 0.350. The lowest BCUT2D eigenvalue weighted by Gasteiger charge is -2.25. The van der Waals surface area contributed by atoms with Crippen molar-refractivity contribution in [3.05, 3.63) is 46.3 Å². The summed E-state index contributed by atoms with van der Waals surface area (Å²) in [6, 6.07) is 8.08. The van der Waals surface area contributed by atoms with Gasteiger partial charge in [0.2, 0.25) is 11.8 Å². The summed E-state index contributed by atoms with van der Waals surface area (Å²) in [6.45, 7) is 2.35. The van der Waals surface area contributed by atoms with Crippen molar-refractivity contribution < 1.29 is 22.8 Å². The van der Waals surface area contributed by atoms with E-state index in [-0.39, 0.29) is 40.9 Å². The fourth-order valence-corrected chi connectivity index (χ4v) is 6.00. The van der Waals surface area contributed by atoms with E-state index in [2.05, 4.69) is 5.32 Å². The Hall–Kier alpha value is -2.72. The summed E-state index contributed by atoms with van der Waals surface area (Å²) in [4.78, 5) is 38.7. The van der Waals surface area contributed by atoms with Crippen LogP contribution in [0.3, 0.4) is 0 Å². The van der Waals surface area contributed by atoms with Crippen LogP contribution < -0.4 is 11.1 Å². The van der Waals surface area contributed by atoms with E-state index in [9.17, 15) is 22.8 Å². The summed E-state index contributed by atoms with van der Waals surface area (Å²) in [7, 11) is -3.46. The number of nitrogens with zero attached hydrogens (tertiary/aromatic N) is 1. The van der Waals surface area contributed by atoms with Crippen LogP contribution in [0.5, 0.6) is 0 Å². The molecule has 3 N–H and O–H groups in total. The number of amides is 3. The third kappa shape index (κ3) is 4.88. The van der Waals surface area contributed by atoms with Gasteiger partial charge in [0.25, 0.3) is 5.91 Å². The number of thiophene rings is 1. The van der Waals surface area contributed by atoms with Gasteiger partial charge >= 0.3 is 0 Å². The van der Waals surface area contributed by atoms with Gasteiger partial charge in [-0.1, -0.05) is 18.2 Å². The number of nitrogens with one attached hydrogen (secondary N) is 1. The van der Waals surface area contributed by atoms with Crippen molar-refractivity contribution >= 4 is 43.9 Å². The monoisotopic (exact) mass is 449 g/mol. The minimum absolute atomic E-state index is 0.00754. The van der Waals surface area contributed by atoms with Gasteiger partial charge in [-0.25, -0.2) is 8.42 Å². The van der Waals surface area contributed by atoms with Crippen molar-refractivity contribution in [2.24, 2.45) is 5.73 Å². The van der Waals surface area contributed by atoms with Gasteiger partial charge in [-0.05, 0) is 30.5 Å². The number of nitrogens with two attached hydrogens (primary N) is 1. The van der Waals surface area contributed by atoms with Gasteiger partial charge in [0, 0.05) is 24.8 Å². The summed E-state index contributed by atoms with van der Waals surface area (Å²) in [5, 5.41) is 3.06. The molecular formula is C20H23N3O5S2. The molecule has 160 valence electrons. The molecule has 1 aliphatic heterocycles. The number of rotatable bonds is 7. The largest absolute Gasteiger partial charge is 0.365 e. The van der Waals surface area contributed by atoms with Gasteiger partial charge in [-0.3, -0.25) is 14.4 Å². The Kier molecular flexibility index (Phi) is 6.57. The number of fused-ring (bicyclic) bond motifs is 1. The molecule has 1 aromatic heterocycles. The van der Waals surface area contributed by atoms with Crippen LogP contribution >= 0.6 is 11.3 Å². The predicted octanol–water partition coefficient (Wildman–Crippen LogP) is 1.94. The Morgan fingerprint density at radius 2 is 1.90 bits per heavy atom. The summed E-state index contributed by atoms with van der Waals surface area (Å²) >= 11 is 1.23. The molecule has 2 aromatic rings. The van der Waals surface area contributed by atoms with Crippen LogP contribution in [0.15, 0.2) is 35.2 Å². The number of primary amides is 1. The molecule has 3 amide bonds. The van der Waals surface area contributed by atoms with Gasteiger partial charge < -0.3 is 16.0 Å². The van der Waals surface area contributed by atoms with Crippen LogP contribution in [0.2, 0.25) is 0 Å². The lowest BCUT2D eigenvalue weighted by molar-refractivity contribution is -0.129. The van der Waals surface area contributed by atoms with Gasteiger partial charge in [0.05, 0.1) is 22.8 Å². The lowest BCUT2D eigenvalue weighted by atomic mass is 10.0. The minimum atomic E-state index is -3.46. The first-order chi connectivity index (χ1) is 14.2. The molecule has 0 bridgehead atoms. The van der Waals surface area contributed by atoms with E-state index in [4.69, 9.17) is 5.73 Å². The lowest BCUT2D eigenvalue weighted by Crippen LogP contribution is -2.34. The van der Waals surface area contributed by atoms with E-state index in [0.29, 0.717) is 24.5 Å². The zero-order valence-electron chi connectivity index (χ0n) is 16.5. The number of sulfone groups is 1. The van der Waals surface area contributed by atoms with E-state index >= 15 is 0 Å². The quantitative estimate of drug-likeness (QED) is 0.668. The molecule has 0 saturated carbocycles. The Labute approximate surface area is 179 Å². The number of hydrogen-bond donors (Lipinski definition) is 2. The van der Waals surface area contributed by atoms with Gasteiger partial charge in [-0.15, -0.1) is 11.3 Å². The van der Waals surface area contributed by atoms with Crippen LogP contribution in [0.1, 0.15) is 40.6 Å². The Morgan fingerprint density at radius 3 is 2.53 bits per heavy atom. The molecule has 0 fully saturated rings. The van der Waals surface area contributed by atoms with E-state index in [0.717, 1.165) is 10.4 Å². The summed E-state index contributed by atoms with van der Waals surface area (Å²) < 4.78 is 24.6. The molecule has 0 saturated heterocycles. The molecule has 10 heteroatoms. The summed E-state index contributed by atoms with van der Waals surface area (Å²) in [6.07, 6.45) is 0.638. The number of hydrogen-bond acceptors (Lipinski definition) is 6. The maximum absolute atomic E-state index is 12.4. The first-order valence-electron chi connectivity index (χ1n) is 9.46. The number of carbonyl (C=O) groups excluding carboxylic acids is 3. The van der Waals surface area contributed by atoms with Crippen molar-refractivity contribution in [3.8, 4) is 0 Å². The van der Waals surface area contributed by atoms with Crippen LogP contribution in [0.25, 0.3) is 0 Å². The van der Waals surface area contributed by atoms with Crippen molar-refractivity contribution in [3.63, 3.8) is 0 Å². The van der Waals surface area contributed by atoms with E-state index in [1.165, 1.54) is 30.4 Å². The first kappa shape index (κ1) is 22.0. The van der Waals surface area contributed by atoms with Crippen LogP contribution in [0, 0.1) is 0 Å². The highest BCUT2D eigenvalue weighted by Crippen LogP contribution is 2.37. The van der Waals surface area contributed by atoms with Crippen molar-refractivity contribution in [2.45, 2.75) is 37.6 Å². The molecule has 3 rings (SSSR count). The van der Waals surface area contributed by atoms with Crippen molar-refractivity contribution in [2.75, 3.05) is 17.6 Å². The molecule has 0 spiro atoms. The number of carbonyl (C=O) groups is 3. The Bertz CT molecular complexity index is 1080. The summed E-state index contributed by atoms with van der Waals surface area (Å²) in [5.74, 6) is -1.23. The molecule has 8 nitrogen and oxygen atoms in total. The second-order valence-electron chi connectivity index (χ2n) is 7.05. The zero-order chi connectivity index (χ0) is 21.9. The second-order valence-corrected chi connectivity index (χ2v) is 10.3. The maximum Gasteiger partial charge on any atom is 0.251 e. The highest BCUT2D eigenvalue weighted by Gasteiger charge is 2.28. The minimum Gasteiger partial charge on any atom is -0.365 e. The molecule has 1 aliphatic rings. The fourth-order valence-electron chi connectivity index (χ4n) is 3.38. The molecular weight excluding hydrogens is 426 g/mol. The van der Waals surface area contributed by atoms with Gasteiger partial charge in [-0.2, -0.15) is 0 Å². The van der Waals surface area contributed by atoms with E-state index in [1.807, 2.05) is 0 Å². The summed E-state index contributed by atoms with van der Waals surface area (Å²) in [5.41, 5.74) is 6.58. The Balaban J connectivity index is 1.65. The standard InChI is InChI=1S/C20H23N3O5S2/c1-13(24)23-10-9-15-16(12-23)29-20(18(15)19(21)26)22-17(25)8-5-11-30(27,28)14-6-3-2-4-7-14/h2-4,6-7H,5,8-12H2,1H3,(H2,21,26)(H,22,25).